The molecule has 3 nitrogen and oxygen atoms in total. The Hall–Kier alpha value is -0.770. The van der Waals surface area contributed by atoms with Gasteiger partial charge in [-0.15, -0.1) is 0 Å². The average Bonchev–Trinajstić information content (AvgIpc) is 1.86. The minimum absolute atomic E-state index is 0.580. The Balaban J connectivity index is 2.89. The Bertz CT molecular complexity index is 300. The van der Waals surface area contributed by atoms with Crippen molar-refractivity contribution in [3.8, 4) is 0 Å². The smallest absolute Gasteiger partial charge is 0.171 e. The number of sulfone groups is 1. The fourth-order valence-electron chi connectivity index (χ4n) is 0.808. The Labute approximate surface area is 66.7 Å². The molecular formula is C7H10NO2S. The number of hydrogen-bond donors (Lipinski definition) is 1. The van der Waals surface area contributed by atoms with Crippen molar-refractivity contribution in [2.24, 2.45) is 0 Å². The maximum absolute atomic E-state index is 11.0. The van der Waals surface area contributed by atoms with E-state index in [-0.39, 0.29) is 0 Å². The van der Waals surface area contributed by atoms with Crippen LogP contribution in [0.2, 0.25) is 0 Å². The van der Waals surface area contributed by atoms with E-state index in [1.54, 1.807) is 6.08 Å². The lowest BCUT2D eigenvalue weighted by Crippen LogP contribution is -2.32. The monoisotopic (exact) mass is 172 g/mol. The highest BCUT2D eigenvalue weighted by atomic mass is 32.2. The standard InChI is InChI=1S/C7H10NO2S/c1-6-3-4-8-7(5-6)11(2,9)10/h4-5,7-8H,1-2H3. The highest BCUT2D eigenvalue weighted by Gasteiger charge is 2.17. The molecule has 1 heterocycles. The maximum atomic E-state index is 11.0. The van der Waals surface area contributed by atoms with Crippen molar-refractivity contribution in [1.29, 1.82) is 0 Å². The summed E-state index contributed by atoms with van der Waals surface area (Å²) in [6.07, 6.45) is 7.21. The highest BCUT2D eigenvalue weighted by Crippen LogP contribution is 2.06. The molecule has 0 aromatic heterocycles. The molecule has 0 amide bonds. The Morgan fingerprint density at radius 1 is 1.64 bits per heavy atom. The summed E-state index contributed by atoms with van der Waals surface area (Å²) in [6.45, 7) is 1.82. The van der Waals surface area contributed by atoms with Gasteiger partial charge in [0.2, 0.25) is 0 Å². The maximum Gasteiger partial charge on any atom is 0.171 e. The van der Waals surface area contributed by atoms with Crippen LogP contribution in [-0.4, -0.2) is 20.0 Å². The topological polar surface area (TPSA) is 46.2 Å². The molecule has 61 valence electrons. The molecule has 0 aliphatic carbocycles. The molecule has 1 aliphatic heterocycles. The van der Waals surface area contributed by atoms with Crippen LogP contribution in [0.5, 0.6) is 0 Å². The van der Waals surface area contributed by atoms with Crippen molar-refractivity contribution in [2.75, 3.05) is 6.26 Å². The zero-order valence-corrected chi connectivity index (χ0v) is 7.27. The van der Waals surface area contributed by atoms with E-state index in [9.17, 15) is 8.42 Å². The van der Waals surface area contributed by atoms with Crippen LogP contribution in [0.4, 0.5) is 0 Å². The summed E-state index contributed by atoms with van der Waals surface area (Å²) < 4.78 is 22.0. The Kier molecular flexibility index (Phi) is 2.04. The molecule has 0 aromatic carbocycles. The van der Waals surface area contributed by atoms with Crippen LogP contribution in [0.3, 0.4) is 0 Å². The zero-order valence-electron chi connectivity index (χ0n) is 6.46. The molecule has 1 aliphatic rings. The summed E-state index contributed by atoms with van der Waals surface area (Å²) in [6, 6.07) is 0. The van der Waals surface area contributed by atoms with Gasteiger partial charge in [0.15, 0.2) is 9.84 Å². The highest BCUT2D eigenvalue weighted by molar-refractivity contribution is 7.91. The summed E-state index contributed by atoms with van der Waals surface area (Å²) in [5, 5.41) is 2.11. The molecule has 0 aromatic rings. The van der Waals surface area contributed by atoms with Crippen LogP contribution in [0, 0.1) is 6.08 Å². The lowest BCUT2D eigenvalue weighted by molar-refractivity contribution is 0.588. The minimum Gasteiger partial charge on any atom is -0.371 e. The van der Waals surface area contributed by atoms with Gasteiger partial charge in [0.1, 0.15) is 5.37 Å². The first-order chi connectivity index (χ1) is 5.00. The largest absolute Gasteiger partial charge is 0.371 e. The zero-order chi connectivity index (χ0) is 8.48. The molecule has 0 fully saturated rings. The predicted octanol–water partition coefficient (Wildman–Crippen LogP) is 0.223. The normalized spacial score (nSPS) is 24.2. The minimum atomic E-state index is -3.02. The molecule has 1 rings (SSSR count). The van der Waals surface area contributed by atoms with E-state index >= 15 is 0 Å². The Morgan fingerprint density at radius 3 is 2.64 bits per heavy atom. The first-order valence-electron chi connectivity index (χ1n) is 3.22. The van der Waals surface area contributed by atoms with Crippen LogP contribution in [0.15, 0.2) is 17.8 Å². The number of hydrogen-bond acceptors (Lipinski definition) is 3. The number of dihydropyridines is 1. The molecule has 1 radical (unpaired) electrons. The van der Waals surface area contributed by atoms with E-state index in [2.05, 4.69) is 11.4 Å². The van der Waals surface area contributed by atoms with Gasteiger partial charge in [0.25, 0.3) is 0 Å². The number of rotatable bonds is 1. The molecular weight excluding hydrogens is 162 g/mol. The predicted molar refractivity (Wildman–Crippen MR) is 43.3 cm³/mol. The van der Waals surface area contributed by atoms with Crippen LogP contribution < -0.4 is 5.32 Å². The van der Waals surface area contributed by atoms with Crippen molar-refractivity contribution in [3.05, 3.63) is 23.9 Å². The van der Waals surface area contributed by atoms with E-state index in [0.717, 1.165) is 5.57 Å². The summed E-state index contributed by atoms with van der Waals surface area (Å²) in [5.74, 6) is 0. The summed E-state index contributed by atoms with van der Waals surface area (Å²) in [5.41, 5.74) is 0.846. The van der Waals surface area contributed by atoms with Gasteiger partial charge in [-0.3, -0.25) is 0 Å². The molecule has 0 saturated heterocycles. The molecule has 0 bridgehead atoms. The van der Waals surface area contributed by atoms with Gasteiger partial charge in [-0.25, -0.2) is 8.42 Å². The van der Waals surface area contributed by atoms with Crippen LogP contribution in [0.25, 0.3) is 0 Å². The fourth-order valence-corrected chi connectivity index (χ4v) is 1.57. The van der Waals surface area contributed by atoms with E-state index < -0.39 is 15.2 Å². The third-order valence-corrected chi connectivity index (χ3v) is 2.60. The first kappa shape index (κ1) is 8.33. The molecule has 1 N–H and O–H groups in total. The summed E-state index contributed by atoms with van der Waals surface area (Å²) in [7, 11) is -3.02. The quantitative estimate of drug-likeness (QED) is 0.615. The van der Waals surface area contributed by atoms with Gasteiger partial charge in [-0.1, -0.05) is 0 Å². The summed E-state index contributed by atoms with van der Waals surface area (Å²) in [4.78, 5) is 0. The summed E-state index contributed by atoms with van der Waals surface area (Å²) >= 11 is 0. The van der Waals surface area contributed by atoms with Gasteiger partial charge in [-0.2, -0.15) is 0 Å². The van der Waals surface area contributed by atoms with Crippen molar-refractivity contribution in [1.82, 2.24) is 5.32 Å². The van der Waals surface area contributed by atoms with E-state index in [0.29, 0.717) is 0 Å². The number of nitrogens with one attached hydrogen (secondary N) is 1. The van der Waals surface area contributed by atoms with Crippen LogP contribution in [0.1, 0.15) is 6.92 Å². The van der Waals surface area contributed by atoms with Gasteiger partial charge >= 0.3 is 0 Å². The number of allylic oxidation sites excluding steroid dienone is 2. The van der Waals surface area contributed by atoms with E-state index in [1.807, 2.05) is 6.92 Å². The molecule has 0 saturated carbocycles. The van der Waals surface area contributed by atoms with E-state index in [1.165, 1.54) is 12.5 Å². The fraction of sp³-hybridized carbons (Fsp3) is 0.429. The van der Waals surface area contributed by atoms with E-state index in [4.69, 9.17) is 0 Å². The third kappa shape index (κ3) is 2.08. The second-order valence-electron chi connectivity index (χ2n) is 2.56. The average molecular weight is 172 g/mol. The second-order valence-corrected chi connectivity index (χ2v) is 4.72. The lowest BCUT2D eigenvalue weighted by atomic mass is 10.2. The van der Waals surface area contributed by atoms with Crippen LogP contribution >= 0.6 is 0 Å². The SMILES string of the molecule is CC1=CC(S(C)(=O)=O)NC=[C]1. The van der Waals surface area contributed by atoms with Crippen molar-refractivity contribution in [2.45, 2.75) is 12.3 Å². The van der Waals surface area contributed by atoms with Gasteiger partial charge in [0.05, 0.1) is 0 Å². The van der Waals surface area contributed by atoms with Crippen molar-refractivity contribution < 1.29 is 8.42 Å². The van der Waals surface area contributed by atoms with Gasteiger partial charge in [0, 0.05) is 18.5 Å². The van der Waals surface area contributed by atoms with Gasteiger partial charge < -0.3 is 5.32 Å². The molecule has 4 heteroatoms. The first-order valence-corrected chi connectivity index (χ1v) is 5.17. The molecule has 1 atom stereocenters. The second kappa shape index (κ2) is 2.70. The lowest BCUT2D eigenvalue weighted by Gasteiger charge is -2.14. The van der Waals surface area contributed by atoms with Crippen molar-refractivity contribution in [3.63, 3.8) is 0 Å². The molecule has 1 unspecified atom stereocenters. The van der Waals surface area contributed by atoms with Crippen LogP contribution in [-0.2, 0) is 9.84 Å². The molecule has 11 heavy (non-hydrogen) atoms. The van der Waals surface area contributed by atoms with Gasteiger partial charge in [-0.05, 0) is 18.6 Å². The Morgan fingerprint density at radius 2 is 2.27 bits per heavy atom. The third-order valence-electron chi connectivity index (χ3n) is 1.41. The van der Waals surface area contributed by atoms with Crippen molar-refractivity contribution >= 4 is 9.84 Å². The molecule has 0 spiro atoms.